The quantitative estimate of drug-likeness (QED) is 0.610. The van der Waals surface area contributed by atoms with E-state index >= 15 is 0 Å². The summed E-state index contributed by atoms with van der Waals surface area (Å²) in [4.78, 5) is 34.2. The summed E-state index contributed by atoms with van der Waals surface area (Å²) in [5.74, 6) is -1.17. The SMILES string of the molecule is Cc1c(C(=O)N(C)Cc2ccccc2F)cc([N+](=O)[O-])cc1[N+](=O)[O-]. The number of nitrogens with zero attached hydrogens (tertiary/aromatic N) is 3. The number of hydrogen-bond acceptors (Lipinski definition) is 5. The van der Waals surface area contributed by atoms with Crippen LogP contribution in [0.5, 0.6) is 0 Å². The molecule has 0 bridgehead atoms. The van der Waals surface area contributed by atoms with E-state index in [2.05, 4.69) is 0 Å². The van der Waals surface area contributed by atoms with Crippen LogP contribution in [0.3, 0.4) is 0 Å². The molecule has 0 aliphatic carbocycles. The van der Waals surface area contributed by atoms with E-state index in [1.54, 1.807) is 6.07 Å². The fraction of sp³-hybridized carbons (Fsp3) is 0.188. The Balaban J connectivity index is 2.42. The highest BCUT2D eigenvalue weighted by Crippen LogP contribution is 2.29. The number of hydrogen-bond donors (Lipinski definition) is 0. The number of amides is 1. The Labute approximate surface area is 141 Å². The first-order chi connectivity index (χ1) is 11.7. The van der Waals surface area contributed by atoms with Crippen molar-refractivity contribution in [3.8, 4) is 0 Å². The molecule has 9 heteroatoms. The zero-order valence-corrected chi connectivity index (χ0v) is 13.4. The number of carbonyl (C=O) groups excluding carboxylic acids is 1. The molecule has 0 fully saturated rings. The van der Waals surface area contributed by atoms with Crippen molar-refractivity contribution in [1.82, 2.24) is 4.90 Å². The molecule has 0 saturated heterocycles. The second-order valence-electron chi connectivity index (χ2n) is 5.40. The summed E-state index contributed by atoms with van der Waals surface area (Å²) in [5, 5.41) is 22.1. The number of non-ortho nitro benzene ring substituents is 1. The average molecular weight is 347 g/mol. The number of rotatable bonds is 5. The van der Waals surface area contributed by atoms with Gasteiger partial charge in [0.1, 0.15) is 5.82 Å². The number of carbonyl (C=O) groups is 1. The van der Waals surface area contributed by atoms with Crippen LogP contribution in [0.15, 0.2) is 36.4 Å². The van der Waals surface area contributed by atoms with Crippen LogP contribution >= 0.6 is 0 Å². The molecule has 2 aromatic carbocycles. The molecule has 0 N–H and O–H groups in total. The first kappa shape index (κ1) is 18.0. The topological polar surface area (TPSA) is 107 Å². The molecule has 2 aromatic rings. The highest BCUT2D eigenvalue weighted by atomic mass is 19.1. The van der Waals surface area contributed by atoms with Crippen LogP contribution in [0.1, 0.15) is 21.5 Å². The smallest absolute Gasteiger partial charge is 0.279 e. The second kappa shape index (κ2) is 7.04. The maximum atomic E-state index is 13.7. The van der Waals surface area contributed by atoms with Crippen molar-refractivity contribution >= 4 is 17.3 Å². The van der Waals surface area contributed by atoms with Crippen LogP contribution in [0.2, 0.25) is 0 Å². The molecule has 0 spiro atoms. The number of nitro benzene ring substituents is 2. The third-order valence-electron chi connectivity index (χ3n) is 3.72. The summed E-state index contributed by atoms with van der Waals surface area (Å²) in [6.45, 7) is 1.26. The predicted octanol–water partition coefficient (Wildman–Crippen LogP) is 3.22. The number of benzene rings is 2. The summed E-state index contributed by atoms with van der Waals surface area (Å²) < 4.78 is 13.7. The summed E-state index contributed by atoms with van der Waals surface area (Å²) in [5.41, 5.74) is -0.964. The molecule has 0 aliphatic rings. The Morgan fingerprint density at radius 3 is 2.36 bits per heavy atom. The third kappa shape index (κ3) is 3.77. The molecular weight excluding hydrogens is 333 g/mol. The summed E-state index contributed by atoms with van der Waals surface area (Å²) in [6.07, 6.45) is 0. The van der Waals surface area contributed by atoms with Gasteiger partial charge in [0, 0.05) is 30.8 Å². The lowest BCUT2D eigenvalue weighted by Crippen LogP contribution is -2.27. The van der Waals surface area contributed by atoms with Gasteiger partial charge < -0.3 is 4.90 Å². The molecule has 130 valence electrons. The molecule has 25 heavy (non-hydrogen) atoms. The molecule has 0 atom stereocenters. The van der Waals surface area contributed by atoms with Crippen LogP contribution < -0.4 is 0 Å². The predicted molar refractivity (Wildman–Crippen MR) is 86.7 cm³/mol. The molecule has 0 aliphatic heterocycles. The van der Waals surface area contributed by atoms with Crippen molar-refractivity contribution < 1.29 is 19.0 Å². The van der Waals surface area contributed by atoms with Gasteiger partial charge in [0.25, 0.3) is 17.3 Å². The van der Waals surface area contributed by atoms with Crippen LogP contribution in [0, 0.1) is 33.0 Å². The molecule has 0 heterocycles. The van der Waals surface area contributed by atoms with E-state index in [0.29, 0.717) is 0 Å². The Kier molecular flexibility index (Phi) is 5.06. The van der Waals surface area contributed by atoms with Gasteiger partial charge in [-0.15, -0.1) is 0 Å². The monoisotopic (exact) mass is 347 g/mol. The maximum absolute atomic E-state index is 13.7. The van der Waals surface area contributed by atoms with Gasteiger partial charge in [-0.05, 0) is 13.0 Å². The van der Waals surface area contributed by atoms with E-state index in [-0.39, 0.29) is 23.2 Å². The van der Waals surface area contributed by atoms with Gasteiger partial charge in [0.15, 0.2) is 0 Å². The highest BCUT2D eigenvalue weighted by Gasteiger charge is 2.26. The lowest BCUT2D eigenvalue weighted by molar-refractivity contribution is -0.394. The fourth-order valence-corrected chi connectivity index (χ4v) is 2.36. The van der Waals surface area contributed by atoms with Gasteiger partial charge in [0.05, 0.1) is 21.5 Å². The first-order valence-electron chi connectivity index (χ1n) is 7.14. The molecule has 0 saturated carbocycles. The van der Waals surface area contributed by atoms with Gasteiger partial charge in [-0.2, -0.15) is 0 Å². The number of nitro groups is 2. The van der Waals surface area contributed by atoms with Gasteiger partial charge in [-0.3, -0.25) is 25.0 Å². The molecule has 0 aromatic heterocycles. The molecular formula is C16H14FN3O5. The lowest BCUT2D eigenvalue weighted by atomic mass is 10.0. The van der Waals surface area contributed by atoms with E-state index in [1.807, 2.05) is 0 Å². The highest BCUT2D eigenvalue weighted by molar-refractivity contribution is 5.97. The zero-order valence-electron chi connectivity index (χ0n) is 13.4. The maximum Gasteiger partial charge on any atom is 0.279 e. The van der Waals surface area contributed by atoms with Crippen molar-refractivity contribution in [2.24, 2.45) is 0 Å². The van der Waals surface area contributed by atoms with E-state index in [4.69, 9.17) is 0 Å². The molecule has 8 nitrogen and oxygen atoms in total. The Morgan fingerprint density at radius 2 is 1.80 bits per heavy atom. The zero-order chi connectivity index (χ0) is 18.7. The second-order valence-corrected chi connectivity index (χ2v) is 5.40. The molecule has 0 unspecified atom stereocenters. The van der Waals surface area contributed by atoms with Crippen LogP contribution in [0.4, 0.5) is 15.8 Å². The standard InChI is InChI=1S/C16H14FN3O5/c1-10-13(7-12(19(22)23)8-15(10)20(24)25)16(21)18(2)9-11-5-3-4-6-14(11)17/h3-8H,9H2,1-2H3. The van der Waals surface area contributed by atoms with Crippen molar-refractivity contribution in [3.63, 3.8) is 0 Å². The van der Waals surface area contributed by atoms with Gasteiger partial charge in [-0.25, -0.2) is 4.39 Å². The van der Waals surface area contributed by atoms with E-state index < -0.39 is 32.9 Å². The minimum atomic E-state index is -0.805. The van der Waals surface area contributed by atoms with Gasteiger partial charge in [-0.1, -0.05) is 18.2 Å². The summed E-state index contributed by atoms with van der Waals surface area (Å²) in [6, 6.07) is 7.67. The van der Waals surface area contributed by atoms with Gasteiger partial charge >= 0.3 is 0 Å². The van der Waals surface area contributed by atoms with Crippen molar-refractivity contribution in [2.75, 3.05) is 7.05 Å². The largest absolute Gasteiger partial charge is 0.337 e. The normalized spacial score (nSPS) is 10.4. The van der Waals surface area contributed by atoms with Gasteiger partial charge in [0.2, 0.25) is 0 Å². The minimum absolute atomic E-state index is 0.0148. The van der Waals surface area contributed by atoms with E-state index in [9.17, 15) is 29.4 Å². The van der Waals surface area contributed by atoms with Crippen molar-refractivity contribution in [1.29, 1.82) is 0 Å². The van der Waals surface area contributed by atoms with Crippen molar-refractivity contribution in [2.45, 2.75) is 13.5 Å². The lowest BCUT2D eigenvalue weighted by Gasteiger charge is -2.18. The van der Waals surface area contributed by atoms with Crippen molar-refractivity contribution in [3.05, 3.63) is 79.1 Å². The molecule has 2 rings (SSSR count). The first-order valence-corrected chi connectivity index (χ1v) is 7.14. The van der Waals surface area contributed by atoms with E-state index in [1.165, 1.54) is 32.2 Å². The third-order valence-corrected chi connectivity index (χ3v) is 3.72. The summed E-state index contributed by atoms with van der Waals surface area (Å²) in [7, 11) is 1.39. The number of halogens is 1. The Bertz CT molecular complexity index is 869. The van der Waals surface area contributed by atoms with Crippen LogP contribution in [-0.2, 0) is 6.54 Å². The fourth-order valence-electron chi connectivity index (χ4n) is 2.36. The summed E-state index contributed by atoms with van der Waals surface area (Å²) >= 11 is 0. The van der Waals surface area contributed by atoms with Crippen LogP contribution in [0.25, 0.3) is 0 Å². The Morgan fingerprint density at radius 1 is 1.16 bits per heavy atom. The average Bonchev–Trinajstić information content (AvgIpc) is 2.55. The molecule has 1 amide bonds. The molecule has 0 radical (unpaired) electrons. The Hall–Kier alpha value is -3.36. The van der Waals surface area contributed by atoms with Crippen LogP contribution in [-0.4, -0.2) is 27.7 Å². The minimum Gasteiger partial charge on any atom is -0.337 e. The van der Waals surface area contributed by atoms with E-state index in [0.717, 1.165) is 17.0 Å².